The van der Waals surface area contributed by atoms with E-state index in [0.29, 0.717) is 0 Å². The van der Waals surface area contributed by atoms with Crippen molar-refractivity contribution in [2.24, 2.45) is 0 Å². The second kappa shape index (κ2) is 7.00. The first-order valence-electron chi connectivity index (χ1n) is 6.46. The molecule has 4 nitrogen and oxygen atoms in total. The quantitative estimate of drug-likeness (QED) is 0.914. The standard InChI is InChI=1S/C14H16ClF3N2O2/c1-8(2)20(9(3)21)7-13(22)19-10-4-5-12(15)11(6-10)14(16,17)18/h4-6,8H,7H2,1-3H3,(H,19,22). The number of alkyl halides is 3. The zero-order chi connectivity index (χ0) is 17.1. The molecule has 122 valence electrons. The molecule has 0 aromatic heterocycles. The summed E-state index contributed by atoms with van der Waals surface area (Å²) in [5.74, 6) is -0.878. The fourth-order valence-electron chi connectivity index (χ4n) is 1.83. The first kappa shape index (κ1) is 18.3. The van der Waals surface area contributed by atoms with E-state index in [-0.39, 0.29) is 24.2 Å². The number of rotatable bonds is 4. The van der Waals surface area contributed by atoms with Crippen molar-refractivity contribution in [2.45, 2.75) is 33.0 Å². The van der Waals surface area contributed by atoms with Gasteiger partial charge in [-0.1, -0.05) is 11.6 Å². The number of nitrogens with one attached hydrogen (secondary N) is 1. The summed E-state index contributed by atoms with van der Waals surface area (Å²) in [4.78, 5) is 24.5. The minimum atomic E-state index is -4.61. The first-order valence-corrected chi connectivity index (χ1v) is 6.84. The summed E-state index contributed by atoms with van der Waals surface area (Å²) in [6.07, 6.45) is -4.61. The van der Waals surface area contributed by atoms with Crippen LogP contribution < -0.4 is 5.32 Å². The molecular formula is C14H16ClF3N2O2. The number of amides is 2. The maximum atomic E-state index is 12.7. The van der Waals surface area contributed by atoms with Crippen molar-refractivity contribution < 1.29 is 22.8 Å². The van der Waals surface area contributed by atoms with E-state index in [1.54, 1.807) is 13.8 Å². The van der Waals surface area contributed by atoms with E-state index in [2.05, 4.69) is 5.32 Å². The van der Waals surface area contributed by atoms with Crippen LogP contribution >= 0.6 is 11.6 Å². The second-order valence-electron chi connectivity index (χ2n) is 4.98. The molecule has 0 unspecified atom stereocenters. The Labute approximate surface area is 131 Å². The third-order valence-corrected chi connectivity index (χ3v) is 3.23. The van der Waals surface area contributed by atoms with E-state index in [1.807, 2.05) is 0 Å². The lowest BCUT2D eigenvalue weighted by molar-refractivity contribution is -0.137. The van der Waals surface area contributed by atoms with Crippen LogP contribution in [0.5, 0.6) is 0 Å². The molecule has 0 fully saturated rings. The van der Waals surface area contributed by atoms with Gasteiger partial charge in [-0.25, -0.2) is 0 Å². The minimum Gasteiger partial charge on any atom is -0.331 e. The second-order valence-corrected chi connectivity index (χ2v) is 5.39. The number of carbonyl (C=O) groups is 2. The number of benzene rings is 1. The Balaban J connectivity index is 2.87. The van der Waals surface area contributed by atoms with E-state index >= 15 is 0 Å². The number of anilines is 1. The molecule has 0 aliphatic carbocycles. The molecule has 0 bridgehead atoms. The van der Waals surface area contributed by atoms with Crippen molar-refractivity contribution in [3.8, 4) is 0 Å². The highest BCUT2D eigenvalue weighted by atomic mass is 35.5. The molecule has 0 heterocycles. The van der Waals surface area contributed by atoms with Crippen molar-refractivity contribution in [1.82, 2.24) is 4.90 Å². The summed E-state index contributed by atoms with van der Waals surface area (Å²) in [5, 5.41) is 1.88. The number of halogens is 4. The van der Waals surface area contributed by atoms with Gasteiger partial charge < -0.3 is 10.2 Å². The summed E-state index contributed by atoms with van der Waals surface area (Å²) in [6, 6.07) is 2.89. The Kier molecular flexibility index (Phi) is 5.82. The van der Waals surface area contributed by atoms with Crippen molar-refractivity contribution in [2.75, 3.05) is 11.9 Å². The molecule has 0 saturated heterocycles. The van der Waals surface area contributed by atoms with Crippen LogP contribution in [0.2, 0.25) is 5.02 Å². The van der Waals surface area contributed by atoms with Gasteiger partial charge >= 0.3 is 6.18 Å². The van der Waals surface area contributed by atoms with Crippen LogP contribution in [0.4, 0.5) is 18.9 Å². The van der Waals surface area contributed by atoms with Crippen LogP contribution in [-0.4, -0.2) is 29.3 Å². The molecule has 0 aliphatic rings. The summed E-state index contributed by atoms with van der Waals surface area (Å²) < 4.78 is 38.2. The molecule has 0 spiro atoms. The number of hydrogen-bond donors (Lipinski definition) is 1. The van der Waals surface area contributed by atoms with Gasteiger partial charge in [-0.15, -0.1) is 0 Å². The van der Waals surface area contributed by atoms with Crippen molar-refractivity contribution in [1.29, 1.82) is 0 Å². The van der Waals surface area contributed by atoms with Gasteiger partial charge in [0, 0.05) is 18.7 Å². The predicted molar refractivity (Wildman–Crippen MR) is 77.6 cm³/mol. The largest absolute Gasteiger partial charge is 0.417 e. The molecule has 0 radical (unpaired) electrons. The third kappa shape index (κ3) is 4.91. The van der Waals surface area contributed by atoms with Crippen molar-refractivity contribution >= 4 is 29.1 Å². The number of hydrogen-bond acceptors (Lipinski definition) is 2. The summed E-state index contributed by atoms with van der Waals surface area (Å²) in [5.41, 5.74) is -1.06. The van der Waals surface area contributed by atoms with Gasteiger partial charge in [0.1, 0.15) is 6.54 Å². The molecule has 0 aliphatic heterocycles. The Morgan fingerprint density at radius 3 is 2.36 bits per heavy atom. The van der Waals surface area contributed by atoms with Gasteiger partial charge in [0.05, 0.1) is 10.6 Å². The van der Waals surface area contributed by atoms with Gasteiger partial charge in [-0.2, -0.15) is 13.2 Å². The van der Waals surface area contributed by atoms with Crippen LogP contribution in [0.3, 0.4) is 0 Å². The van der Waals surface area contributed by atoms with E-state index in [1.165, 1.54) is 17.9 Å². The molecule has 8 heteroatoms. The molecule has 22 heavy (non-hydrogen) atoms. The number of nitrogens with zero attached hydrogens (tertiary/aromatic N) is 1. The van der Waals surface area contributed by atoms with Crippen molar-refractivity contribution in [3.63, 3.8) is 0 Å². The van der Waals surface area contributed by atoms with E-state index in [4.69, 9.17) is 11.6 Å². The lowest BCUT2D eigenvalue weighted by Gasteiger charge is -2.24. The highest BCUT2D eigenvalue weighted by Gasteiger charge is 2.33. The Hall–Kier alpha value is -1.76. The molecule has 1 aromatic carbocycles. The van der Waals surface area contributed by atoms with Crippen LogP contribution in [0.15, 0.2) is 18.2 Å². The lowest BCUT2D eigenvalue weighted by Crippen LogP contribution is -2.41. The highest BCUT2D eigenvalue weighted by molar-refractivity contribution is 6.31. The van der Waals surface area contributed by atoms with Crippen LogP contribution in [-0.2, 0) is 15.8 Å². The van der Waals surface area contributed by atoms with Gasteiger partial charge in [0.15, 0.2) is 0 Å². The summed E-state index contributed by atoms with van der Waals surface area (Å²) in [7, 11) is 0. The zero-order valence-corrected chi connectivity index (χ0v) is 13.0. The monoisotopic (exact) mass is 336 g/mol. The molecule has 0 atom stereocenters. The molecule has 1 rings (SSSR count). The Morgan fingerprint density at radius 1 is 1.32 bits per heavy atom. The topological polar surface area (TPSA) is 49.4 Å². The maximum Gasteiger partial charge on any atom is 0.417 e. The van der Waals surface area contributed by atoms with E-state index < -0.39 is 22.7 Å². The normalized spacial score (nSPS) is 11.5. The average Bonchev–Trinajstić information content (AvgIpc) is 2.36. The van der Waals surface area contributed by atoms with Gasteiger partial charge in [0.25, 0.3) is 0 Å². The summed E-state index contributed by atoms with van der Waals surface area (Å²) in [6.45, 7) is 4.55. The maximum absolute atomic E-state index is 12.7. The predicted octanol–water partition coefficient (Wildman–Crippen LogP) is 3.55. The summed E-state index contributed by atoms with van der Waals surface area (Å²) >= 11 is 5.50. The van der Waals surface area contributed by atoms with Gasteiger partial charge in [0.2, 0.25) is 11.8 Å². The molecule has 0 saturated carbocycles. The van der Waals surface area contributed by atoms with Crippen molar-refractivity contribution in [3.05, 3.63) is 28.8 Å². The smallest absolute Gasteiger partial charge is 0.331 e. The van der Waals surface area contributed by atoms with Gasteiger partial charge in [-0.05, 0) is 32.0 Å². The first-order chi connectivity index (χ1) is 10.0. The lowest BCUT2D eigenvalue weighted by atomic mass is 10.2. The fourth-order valence-corrected chi connectivity index (χ4v) is 2.06. The highest BCUT2D eigenvalue weighted by Crippen LogP contribution is 2.36. The molecule has 1 N–H and O–H groups in total. The minimum absolute atomic E-state index is 0.0333. The molecular weight excluding hydrogens is 321 g/mol. The number of carbonyl (C=O) groups excluding carboxylic acids is 2. The van der Waals surface area contributed by atoms with Crippen LogP contribution in [0.1, 0.15) is 26.3 Å². The van der Waals surface area contributed by atoms with E-state index in [0.717, 1.165) is 12.1 Å². The van der Waals surface area contributed by atoms with E-state index in [9.17, 15) is 22.8 Å². The molecule has 1 aromatic rings. The Bertz CT molecular complexity index is 574. The average molecular weight is 337 g/mol. The fraction of sp³-hybridized carbons (Fsp3) is 0.429. The third-order valence-electron chi connectivity index (χ3n) is 2.90. The van der Waals surface area contributed by atoms with Gasteiger partial charge in [-0.3, -0.25) is 9.59 Å². The SMILES string of the molecule is CC(=O)N(CC(=O)Nc1ccc(Cl)c(C(F)(F)F)c1)C(C)C. The van der Waals surface area contributed by atoms with Crippen LogP contribution in [0, 0.1) is 0 Å². The Morgan fingerprint density at radius 2 is 1.91 bits per heavy atom. The zero-order valence-electron chi connectivity index (χ0n) is 12.3. The molecule has 2 amide bonds. The van der Waals surface area contributed by atoms with Crippen LogP contribution in [0.25, 0.3) is 0 Å².